The van der Waals surface area contributed by atoms with Gasteiger partial charge in [-0.05, 0) is 36.8 Å². The van der Waals surface area contributed by atoms with Crippen molar-refractivity contribution in [2.24, 2.45) is 0 Å². The molecule has 0 saturated heterocycles. The minimum atomic E-state index is -0.886. The number of carbonyl (C=O) groups excluding carboxylic acids is 2. The first-order valence-corrected chi connectivity index (χ1v) is 8.56. The average Bonchev–Trinajstić information content (AvgIpc) is 2.66. The standard InChI is InChI=1S/C20H16ClNO5/c1-12(13-5-4-6-14(21)9-13)22-19(24)11-26-20(25)18-10-16(23)15-7-2-3-8-17(15)27-18/h2-10,12H,11H2,1H3,(H,22,24)/t12-/m1/s1. The Morgan fingerprint density at radius 1 is 1.15 bits per heavy atom. The first-order valence-electron chi connectivity index (χ1n) is 8.19. The molecule has 3 aromatic rings. The van der Waals surface area contributed by atoms with Crippen molar-refractivity contribution in [1.29, 1.82) is 0 Å². The van der Waals surface area contributed by atoms with Crippen molar-refractivity contribution in [3.05, 3.63) is 81.2 Å². The zero-order chi connectivity index (χ0) is 19.4. The quantitative estimate of drug-likeness (QED) is 0.679. The third kappa shape index (κ3) is 4.54. The molecule has 0 saturated carbocycles. The molecule has 2 aromatic carbocycles. The molecule has 0 spiro atoms. The molecule has 0 aliphatic carbocycles. The number of esters is 1. The molecule has 3 rings (SSSR count). The van der Waals surface area contributed by atoms with Gasteiger partial charge in [0.1, 0.15) is 5.58 Å². The van der Waals surface area contributed by atoms with Crippen LogP contribution in [0.25, 0.3) is 11.0 Å². The van der Waals surface area contributed by atoms with Gasteiger partial charge in [-0.2, -0.15) is 0 Å². The second-order valence-corrected chi connectivity index (χ2v) is 6.33. The number of hydrogen-bond acceptors (Lipinski definition) is 5. The SMILES string of the molecule is C[C@@H](NC(=O)COC(=O)c1cc(=O)c2ccccc2o1)c1cccc(Cl)c1. The molecule has 0 bridgehead atoms. The van der Waals surface area contributed by atoms with Crippen LogP contribution in [0.2, 0.25) is 5.02 Å². The average molecular weight is 386 g/mol. The molecule has 0 fully saturated rings. The second kappa shape index (κ2) is 8.05. The fourth-order valence-electron chi connectivity index (χ4n) is 2.55. The van der Waals surface area contributed by atoms with E-state index < -0.39 is 18.5 Å². The molecule has 1 atom stereocenters. The van der Waals surface area contributed by atoms with Gasteiger partial charge in [-0.3, -0.25) is 9.59 Å². The highest BCUT2D eigenvalue weighted by Gasteiger charge is 2.16. The van der Waals surface area contributed by atoms with Gasteiger partial charge in [0.2, 0.25) is 5.76 Å². The van der Waals surface area contributed by atoms with E-state index >= 15 is 0 Å². The third-order valence-corrected chi connectivity index (χ3v) is 4.13. The Balaban J connectivity index is 1.62. The van der Waals surface area contributed by atoms with Gasteiger partial charge in [-0.25, -0.2) is 4.79 Å². The van der Waals surface area contributed by atoms with E-state index in [0.717, 1.165) is 11.6 Å². The van der Waals surface area contributed by atoms with Crippen LogP contribution in [0.3, 0.4) is 0 Å². The highest BCUT2D eigenvalue weighted by atomic mass is 35.5. The summed E-state index contributed by atoms with van der Waals surface area (Å²) in [7, 11) is 0. The maximum absolute atomic E-state index is 12.1. The van der Waals surface area contributed by atoms with Crippen LogP contribution in [0.4, 0.5) is 0 Å². The van der Waals surface area contributed by atoms with Gasteiger partial charge in [0, 0.05) is 11.1 Å². The summed E-state index contributed by atoms with van der Waals surface area (Å²) in [5.74, 6) is -1.63. The van der Waals surface area contributed by atoms with Crippen LogP contribution in [0.15, 0.2) is 63.8 Å². The maximum Gasteiger partial charge on any atom is 0.374 e. The Morgan fingerprint density at radius 3 is 2.70 bits per heavy atom. The molecule has 1 N–H and O–H groups in total. The number of fused-ring (bicyclic) bond motifs is 1. The minimum Gasteiger partial charge on any atom is -0.450 e. The van der Waals surface area contributed by atoms with Crippen molar-refractivity contribution in [3.8, 4) is 0 Å². The lowest BCUT2D eigenvalue weighted by Crippen LogP contribution is -2.31. The highest BCUT2D eigenvalue weighted by molar-refractivity contribution is 6.30. The third-order valence-electron chi connectivity index (χ3n) is 3.90. The lowest BCUT2D eigenvalue weighted by Gasteiger charge is -2.14. The van der Waals surface area contributed by atoms with Crippen LogP contribution in [0.1, 0.15) is 29.1 Å². The molecular weight excluding hydrogens is 370 g/mol. The van der Waals surface area contributed by atoms with Crippen LogP contribution in [0.5, 0.6) is 0 Å². The van der Waals surface area contributed by atoms with E-state index in [1.807, 2.05) is 6.07 Å². The second-order valence-electron chi connectivity index (χ2n) is 5.89. The fraction of sp³-hybridized carbons (Fsp3) is 0.150. The van der Waals surface area contributed by atoms with E-state index in [4.69, 9.17) is 20.8 Å². The molecular formula is C20H16ClNO5. The van der Waals surface area contributed by atoms with Crippen molar-refractivity contribution < 1.29 is 18.7 Å². The summed E-state index contributed by atoms with van der Waals surface area (Å²) in [4.78, 5) is 36.1. The van der Waals surface area contributed by atoms with Crippen LogP contribution in [-0.4, -0.2) is 18.5 Å². The molecule has 6 nitrogen and oxygen atoms in total. The summed E-state index contributed by atoms with van der Waals surface area (Å²) >= 11 is 5.93. The van der Waals surface area contributed by atoms with Crippen LogP contribution >= 0.6 is 11.6 Å². The van der Waals surface area contributed by atoms with Crippen molar-refractivity contribution in [2.75, 3.05) is 6.61 Å². The molecule has 27 heavy (non-hydrogen) atoms. The fourth-order valence-corrected chi connectivity index (χ4v) is 2.75. The van der Waals surface area contributed by atoms with Gasteiger partial charge in [0.15, 0.2) is 12.0 Å². The number of halogens is 1. The minimum absolute atomic E-state index is 0.255. The molecule has 1 heterocycles. The van der Waals surface area contributed by atoms with Crippen molar-refractivity contribution in [1.82, 2.24) is 5.32 Å². The van der Waals surface area contributed by atoms with E-state index in [9.17, 15) is 14.4 Å². The summed E-state index contributed by atoms with van der Waals surface area (Å²) < 4.78 is 10.3. The number of carbonyl (C=O) groups is 2. The Hall–Kier alpha value is -3.12. The normalized spacial score (nSPS) is 11.8. The number of benzene rings is 2. The molecule has 1 aromatic heterocycles. The molecule has 0 aliphatic heterocycles. The molecule has 0 radical (unpaired) electrons. The van der Waals surface area contributed by atoms with Crippen molar-refractivity contribution in [2.45, 2.75) is 13.0 Å². The predicted molar refractivity (Wildman–Crippen MR) is 101 cm³/mol. The van der Waals surface area contributed by atoms with Crippen LogP contribution in [-0.2, 0) is 9.53 Å². The van der Waals surface area contributed by atoms with Crippen LogP contribution in [0, 0.1) is 0 Å². The molecule has 0 unspecified atom stereocenters. The number of nitrogens with one attached hydrogen (secondary N) is 1. The summed E-state index contributed by atoms with van der Waals surface area (Å²) in [6.45, 7) is 1.29. The lowest BCUT2D eigenvalue weighted by molar-refractivity contribution is -0.124. The number of hydrogen-bond donors (Lipinski definition) is 1. The van der Waals surface area contributed by atoms with Gasteiger partial charge < -0.3 is 14.5 Å². The Kier molecular flexibility index (Phi) is 5.57. The zero-order valence-corrected chi connectivity index (χ0v) is 15.2. The summed E-state index contributed by atoms with van der Waals surface area (Å²) in [5, 5.41) is 3.63. The highest BCUT2D eigenvalue weighted by Crippen LogP contribution is 2.17. The van der Waals surface area contributed by atoms with E-state index in [-0.39, 0.29) is 22.8 Å². The van der Waals surface area contributed by atoms with Crippen molar-refractivity contribution in [3.63, 3.8) is 0 Å². The predicted octanol–water partition coefficient (Wildman–Crippen LogP) is 3.48. The van der Waals surface area contributed by atoms with Gasteiger partial charge in [-0.1, -0.05) is 35.9 Å². The number of para-hydroxylation sites is 1. The van der Waals surface area contributed by atoms with Gasteiger partial charge in [-0.15, -0.1) is 0 Å². The molecule has 7 heteroatoms. The van der Waals surface area contributed by atoms with Gasteiger partial charge >= 0.3 is 5.97 Å². The smallest absolute Gasteiger partial charge is 0.374 e. The van der Waals surface area contributed by atoms with E-state index in [2.05, 4.69) is 5.32 Å². The molecule has 1 amide bonds. The maximum atomic E-state index is 12.1. The first kappa shape index (κ1) is 18.7. The van der Waals surface area contributed by atoms with Crippen molar-refractivity contribution >= 4 is 34.4 Å². The summed E-state index contributed by atoms with van der Waals surface area (Å²) in [6, 6.07) is 14.4. The number of amides is 1. The van der Waals surface area contributed by atoms with Crippen LogP contribution < -0.4 is 10.7 Å². The largest absolute Gasteiger partial charge is 0.450 e. The summed E-state index contributed by atoms with van der Waals surface area (Å²) in [6.07, 6.45) is 0. The Bertz CT molecular complexity index is 1060. The van der Waals surface area contributed by atoms with E-state index in [1.54, 1.807) is 49.4 Å². The number of ether oxygens (including phenoxy) is 1. The lowest BCUT2D eigenvalue weighted by atomic mass is 10.1. The molecule has 138 valence electrons. The van der Waals surface area contributed by atoms with E-state index in [0.29, 0.717) is 10.4 Å². The van der Waals surface area contributed by atoms with Gasteiger partial charge in [0.25, 0.3) is 5.91 Å². The monoisotopic (exact) mass is 385 g/mol. The Morgan fingerprint density at radius 2 is 1.93 bits per heavy atom. The topological polar surface area (TPSA) is 85.6 Å². The Labute approximate surface area is 159 Å². The van der Waals surface area contributed by atoms with Gasteiger partial charge in [0.05, 0.1) is 11.4 Å². The number of rotatable bonds is 5. The zero-order valence-electron chi connectivity index (χ0n) is 14.4. The first-order chi connectivity index (χ1) is 12.9. The van der Waals surface area contributed by atoms with E-state index in [1.165, 1.54) is 0 Å². The molecule has 0 aliphatic rings. The summed E-state index contributed by atoms with van der Waals surface area (Å²) in [5.41, 5.74) is 0.738.